The molecule has 5 rings (SSSR count). The maximum Gasteiger partial charge on any atom is 0.205 e. The van der Waals surface area contributed by atoms with E-state index >= 15 is 0 Å². The highest BCUT2D eigenvalue weighted by molar-refractivity contribution is 5.84. The lowest BCUT2D eigenvalue weighted by Gasteiger charge is -2.29. The van der Waals surface area contributed by atoms with E-state index in [1.807, 2.05) is 36.6 Å². The summed E-state index contributed by atoms with van der Waals surface area (Å²) in [4.78, 5) is 12.7. The predicted molar refractivity (Wildman–Crippen MR) is 111 cm³/mol. The van der Waals surface area contributed by atoms with Gasteiger partial charge in [0.2, 0.25) is 5.79 Å². The third-order valence-corrected chi connectivity index (χ3v) is 5.25. The van der Waals surface area contributed by atoms with Crippen LogP contribution in [0.4, 0.5) is 5.82 Å². The average molecular weight is 408 g/mol. The highest BCUT2D eigenvalue weighted by Crippen LogP contribution is 2.40. The maximum atomic E-state index is 6.20. The number of fused-ring (bicyclic) bond motifs is 2. The number of benzene rings is 1. The number of anilines is 1. The SMILES string of the molecule is CC1(C)OC2=C(n3cnc4c(N)ncnc43)COC(CNCc3ccccc3)C2O1. The molecule has 0 saturated carbocycles. The van der Waals surface area contributed by atoms with E-state index in [2.05, 4.69) is 32.4 Å². The molecule has 1 saturated heterocycles. The Hall–Kier alpha value is -3.01. The van der Waals surface area contributed by atoms with Crippen LogP contribution in [-0.4, -0.2) is 50.7 Å². The second-order valence-corrected chi connectivity index (χ2v) is 7.86. The number of hydrogen-bond donors (Lipinski definition) is 2. The van der Waals surface area contributed by atoms with E-state index in [1.54, 1.807) is 6.33 Å². The topological polar surface area (TPSA) is 109 Å². The van der Waals surface area contributed by atoms with Crippen LogP contribution in [0.1, 0.15) is 19.4 Å². The third kappa shape index (κ3) is 3.41. The third-order valence-electron chi connectivity index (χ3n) is 5.25. The van der Waals surface area contributed by atoms with Crippen LogP contribution in [0, 0.1) is 0 Å². The Morgan fingerprint density at radius 1 is 1.20 bits per heavy atom. The van der Waals surface area contributed by atoms with Crippen molar-refractivity contribution in [1.29, 1.82) is 0 Å². The summed E-state index contributed by atoms with van der Waals surface area (Å²) < 4.78 is 20.4. The van der Waals surface area contributed by atoms with Crippen LogP contribution in [0.25, 0.3) is 16.9 Å². The summed E-state index contributed by atoms with van der Waals surface area (Å²) in [6.07, 6.45) is 2.59. The number of ether oxygens (including phenoxy) is 3. The van der Waals surface area contributed by atoms with Crippen molar-refractivity contribution in [2.24, 2.45) is 0 Å². The van der Waals surface area contributed by atoms with Crippen LogP contribution in [0.3, 0.4) is 0 Å². The van der Waals surface area contributed by atoms with Gasteiger partial charge in [0.25, 0.3) is 0 Å². The molecule has 9 nitrogen and oxygen atoms in total. The lowest BCUT2D eigenvalue weighted by atomic mass is 10.1. The van der Waals surface area contributed by atoms with Crippen molar-refractivity contribution in [3.63, 3.8) is 0 Å². The monoisotopic (exact) mass is 408 g/mol. The molecule has 2 aliphatic rings. The number of nitrogens with zero attached hydrogens (tertiary/aromatic N) is 4. The Labute approximate surface area is 173 Å². The second kappa shape index (κ2) is 7.35. The van der Waals surface area contributed by atoms with Crippen LogP contribution >= 0.6 is 0 Å². The fourth-order valence-electron chi connectivity index (χ4n) is 3.88. The van der Waals surface area contributed by atoms with Gasteiger partial charge in [-0.25, -0.2) is 15.0 Å². The second-order valence-electron chi connectivity index (χ2n) is 7.86. The molecular formula is C21H24N6O3. The number of nitrogens with one attached hydrogen (secondary N) is 1. The molecule has 3 aromatic rings. The minimum atomic E-state index is -0.749. The molecule has 0 radical (unpaired) electrons. The molecule has 1 fully saturated rings. The van der Waals surface area contributed by atoms with Gasteiger partial charge in [0, 0.05) is 26.9 Å². The molecule has 9 heteroatoms. The fourth-order valence-corrected chi connectivity index (χ4v) is 3.88. The number of nitrogen functional groups attached to an aromatic ring is 1. The summed E-state index contributed by atoms with van der Waals surface area (Å²) in [7, 11) is 0. The zero-order valence-electron chi connectivity index (χ0n) is 16.9. The zero-order valence-corrected chi connectivity index (χ0v) is 16.9. The van der Waals surface area contributed by atoms with E-state index in [0.29, 0.717) is 30.1 Å². The lowest BCUT2D eigenvalue weighted by Crippen LogP contribution is -2.43. The van der Waals surface area contributed by atoms with Crippen LogP contribution in [-0.2, 0) is 20.8 Å². The molecule has 3 N–H and O–H groups in total. The van der Waals surface area contributed by atoms with E-state index in [1.165, 1.54) is 11.9 Å². The zero-order chi connectivity index (χ0) is 20.7. The van der Waals surface area contributed by atoms with Crippen molar-refractivity contribution in [3.05, 3.63) is 54.3 Å². The fraction of sp³-hybridized carbons (Fsp3) is 0.381. The molecule has 0 spiro atoms. The highest BCUT2D eigenvalue weighted by atomic mass is 16.8. The van der Waals surface area contributed by atoms with Gasteiger partial charge in [-0.1, -0.05) is 30.3 Å². The first-order valence-corrected chi connectivity index (χ1v) is 9.92. The average Bonchev–Trinajstić information content (AvgIpc) is 3.30. The van der Waals surface area contributed by atoms with E-state index in [0.717, 1.165) is 18.0 Å². The predicted octanol–water partition coefficient (Wildman–Crippen LogP) is 1.92. The van der Waals surface area contributed by atoms with Gasteiger partial charge in [0.1, 0.15) is 24.9 Å². The normalized spacial score (nSPS) is 22.9. The molecule has 2 aliphatic heterocycles. The molecule has 156 valence electrons. The highest BCUT2D eigenvalue weighted by Gasteiger charge is 2.47. The molecule has 2 unspecified atom stereocenters. The quantitative estimate of drug-likeness (QED) is 0.659. The van der Waals surface area contributed by atoms with E-state index in [9.17, 15) is 0 Å². The molecule has 1 aromatic carbocycles. The summed E-state index contributed by atoms with van der Waals surface area (Å²) in [5.74, 6) is 0.333. The lowest BCUT2D eigenvalue weighted by molar-refractivity contribution is -0.151. The van der Waals surface area contributed by atoms with Crippen LogP contribution in [0.2, 0.25) is 0 Å². The van der Waals surface area contributed by atoms with Gasteiger partial charge < -0.3 is 25.3 Å². The summed E-state index contributed by atoms with van der Waals surface area (Å²) >= 11 is 0. The Bertz CT molecular complexity index is 1090. The number of imidazole rings is 1. The summed E-state index contributed by atoms with van der Waals surface area (Å²) in [5.41, 5.74) is 9.12. The van der Waals surface area contributed by atoms with Crippen molar-refractivity contribution in [1.82, 2.24) is 24.8 Å². The largest absolute Gasteiger partial charge is 0.462 e. The Kier molecular flexibility index (Phi) is 4.65. The van der Waals surface area contributed by atoms with Crippen LogP contribution < -0.4 is 11.1 Å². The van der Waals surface area contributed by atoms with Gasteiger partial charge in [-0.05, 0) is 5.56 Å². The summed E-state index contributed by atoms with van der Waals surface area (Å²) in [6.45, 7) is 5.53. The van der Waals surface area contributed by atoms with E-state index < -0.39 is 5.79 Å². The van der Waals surface area contributed by atoms with Crippen molar-refractivity contribution in [2.75, 3.05) is 18.9 Å². The van der Waals surface area contributed by atoms with Gasteiger partial charge in [0.15, 0.2) is 22.7 Å². The van der Waals surface area contributed by atoms with Gasteiger partial charge in [-0.2, -0.15) is 0 Å². The minimum Gasteiger partial charge on any atom is -0.462 e. The molecular weight excluding hydrogens is 384 g/mol. The van der Waals surface area contributed by atoms with Crippen molar-refractivity contribution in [2.45, 2.75) is 38.4 Å². The summed E-state index contributed by atoms with van der Waals surface area (Å²) in [6, 6.07) is 10.3. The number of hydrogen-bond acceptors (Lipinski definition) is 8. The van der Waals surface area contributed by atoms with Crippen LogP contribution in [0.15, 0.2) is 48.7 Å². The Balaban J connectivity index is 1.42. The maximum absolute atomic E-state index is 6.20. The number of nitrogens with two attached hydrogens (primary N) is 1. The van der Waals surface area contributed by atoms with Crippen molar-refractivity contribution in [3.8, 4) is 0 Å². The Morgan fingerprint density at radius 3 is 2.87 bits per heavy atom. The van der Waals surface area contributed by atoms with Gasteiger partial charge in [-0.15, -0.1) is 0 Å². The summed E-state index contributed by atoms with van der Waals surface area (Å²) in [5, 5.41) is 3.46. The van der Waals surface area contributed by atoms with Crippen molar-refractivity contribution < 1.29 is 14.2 Å². The van der Waals surface area contributed by atoms with Gasteiger partial charge in [0.05, 0.1) is 12.3 Å². The van der Waals surface area contributed by atoms with Gasteiger partial charge >= 0.3 is 0 Å². The first kappa shape index (κ1) is 19.0. The molecule has 0 bridgehead atoms. The number of rotatable bonds is 5. The molecule has 2 aromatic heterocycles. The molecule has 2 atom stereocenters. The van der Waals surface area contributed by atoms with Gasteiger partial charge in [-0.3, -0.25) is 4.57 Å². The van der Waals surface area contributed by atoms with E-state index in [-0.39, 0.29) is 12.2 Å². The van der Waals surface area contributed by atoms with E-state index in [4.69, 9.17) is 19.9 Å². The standard InChI is InChI=1S/C21H24N6O3/c1-21(2)29-17-14(27-12-26-16-19(22)24-11-25-20(16)27)10-28-15(18(17)30-21)9-23-8-13-6-4-3-5-7-13/h3-7,11-12,15,18,23H,8-10H2,1-2H3,(H2,22,24,25). The molecule has 4 heterocycles. The van der Waals surface area contributed by atoms with Crippen molar-refractivity contribution >= 4 is 22.7 Å². The molecule has 0 amide bonds. The smallest absolute Gasteiger partial charge is 0.205 e. The molecule has 0 aliphatic carbocycles. The Morgan fingerprint density at radius 2 is 2.03 bits per heavy atom. The minimum absolute atomic E-state index is 0.177. The first-order valence-electron chi connectivity index (χ1n) is 9.92. The van der Waals surface area contributed by atoms with Crippen LogP contribution in [0.5, 0.6) is 0 Å². The first-order chi connectivity index (χ1) is 14.5. The number of aromatic nitrogens is 4. The molecule has 30 heavy (non-hydrogen) atoms.